The fourth-order valence-electron chi connectivity index (χ4n) is 2.51. The number of aryl methyl sites for hydroxylation is 1. The lowest BCUT2D eigenvalue weighted by molar-refractivity contribution is 0.0770. The molecule has 0 saturated carbocycles. The van der Waals surface area contributed by atoms with Gasteiger partial charge in [0.2, 0.25) is 5.88 Å². The van der Waals surface area contributed by atoms with Crippen LogP contribution in [0.4, 0.5) is 0 Å². The third-order valence-electron chi connectivity index (χ3n) is 3.71. The van der Waals surface area contributed by atoms with Crippen molar-refractivity contribution in [1.82, 2.24) is 9.88 Å². The Labute approximate surface area is 138 Å². The van der Waals surface area contributed by atoms with Gasteiger partial charge in [0.1, 0.15) is 6.10 Å². The number of pyridine rings is 1. The highest BCUT2D eigenvalue weighted by atomic mass is 79.9. The molecule has 0 aliphatic carbocycles. The van der Waals surface area contributed by atoms with Crippen molar-refractivity contribution in [1.29, 1.82) is 0 Å². The van der Waals surface area contributed by atoms with E-state index in [9.17, 15) is 4.79 Å². The van der Waals surface area contributed by atoms with Gasteiger partial charge in [-0.3, -0.25) is 4.79 Å². The minimum absolute atomic E-state index is 0.00152. The molecule has 0 unspecified atom stereocenters. The van der Waals surface area contributed by atoms with Gasteiger partial charge in [0.25, 0.3) is 5.91 Å². The lowest BCUT2D eigenvalue weighted by atomic mass is 10.2. The van der Waals surface area contributed by atoms with E-state index in [1.54, 1.807) is 6.20 Å². The summed E-state index contributed by atoms with van der Waals surface area (Å²) < 4.78 is 6.68. The molecule has 2 aromatic rings. The molecule has 1 saturated heterocycles. The summed E-state index contributed by atoms with van der Waals surface area (Å²) in [6, 6.07) is 11.3. The number of hydrogen-bond acceptors (Lipinski definition) is 3. The molecular formula is C17H17BrN2O2. The zero-order valence-corrected chi connectivity index (χ0v) is 13.9. The van der Waals surface area contributed by atoms with E-state index in [2.05, 4.69) is 20.9 Å². The van der Waals surface area contributed by atoms with E-state index in [0.717, 1.165) is 16.5 Å². The van der Waals surface area contributed by atoms with E-state index in [1.807, 2.05) is 48.2 Å². The Balaban J connectivity index is 1.63. The summed E-state index contributed by atoms with van der Waals surface area (Å²) in [5, 5.41) is 0. The van der Waals surface area contributed by atoms with Gasteiger partial charge in [-0.15, -0.1) is 0 Å². The van der Waals surface area contributed by atoms with E-state index in [4.69, 9.17) is 4.74 Å². The number of carbonyl (C=O) groups is 1. The number of halogens is 1. The fraction of sp³-hybridized carbons (Fsp3) is 0.294. The summed E-state index contributed by atoms with van der Waals surface area (Å²) in [7, 11) is 0. The molecule has 1 aromatic carbocycles. The van der Waals surface area contributed by atoms with Crippen LogP contribution in [0.5, 0.6) is 5.88 Å². The molecule has 0 radical (unpaired) electrons. The summed E-state index contributed by atoms with van der Waals surface area (Å²) in [5.74, 6) is 0.654. The van der Waals surface area contributed by atoms with Crippen LogP contribution in [0, 0.1) is 6.92 Å². The largest absolute Gasteiger partial charge is 0.472 e. The lowest BCUT2D eigenvalue weighted by Crippen LogP contribution is -2.31. The Bertz CT molecular complexity index is 673. The van der Waals surface area contributed by atoms with Crippen molar-refractivity contribution in [2.24, 2.45) is 0 Å². The molecule has 1 fully saturated rings. The molecule has 5 heteroatoms. The molecule has 0 spiro atoms. The van der Waals surface area contributed by atoms with E-state index >= 15 is 0 Å². The van der Waals surface area contributed by atoms with Gasteiger partial charge in [0.05, 0.1) is 12.1 Å². The van der Waals surface area contributed by atoms with Gasteiger partial charge in [0, 0.05) is 29.7 Å². The molecule has 114 valence electrons. The maximum absolute atomic E-state index is 12.5. The van der Waals surface area contributed by atoms with Gasteiger partial charge in [-0.25, -0.2) is 4.98 Å². The van der Waals surface area contributed by atoms with Crippen LogP contribution in [0.25, 0.3) is 0 Å². The number of benzene rings is 1. The van der Waals surface area contributed by atoms with Crippen LogP contribution in [0.3, 0.4) is 0 Å². The second-order valence-electron chi connectivity index (χ2n) is 5.43. The molecule has 1 amide bonds. The SMILES string of the molecule is Cc1ccc(O[C@H]2CCN(C(=O)c3ccccc3Br)C2)nc1. The minimum atomic E-state index is 0.00152. The molecule has 3 rings (SSSR count). The number of aromatic nitrogens is 1. The zero-order chi connectivity index (χ0) is 15.5. The second-order valence-corrected chi connectivity index (χ2v) is 6.29. The van der Waals surface area contributed by atoms with Crippen molar-refractivity contribution < 1.29 is 9.53 Å². The number of rotatable bonds is 3. The van der Waals surface area contributed by atoms with Gasteiger partial charge in [-0.2, -0.15) is 0 Å². The number of likely N-dealkylation sites (tertiary alicyclic amines) is 1. The number of carbonyl (C=O) groups excluding carboxylic acids is 1. The molecule has 4 nitrogen and oxygen atoms in total. The molecule has 0 bridgehead atoms. The van der Waals surface area contributed by atoms with Crippen LogP contribution in [0.15, 0.2) is 47.1 Å². The normalized spacial score (nSPS) is 17.5. The molecule has 2 heterocycles. The summed E-state index contributed by atoms with van der Waals surface area (Å²) >= 11 is 3.43. The summed E-state index contributed by atoms with van der Waals surface area (Å²) in [6.07, 6.45) is 2.61. The highest BCUT2D eigenvalue weighted by Gasteiger charge is 2.29. The van der Waals surface area contributed by atoms with E-state index in [1.165, 1.54) is 0 Å². The van der Waals surface area contributed by atoms with Gasteiger partial charge >= 0.3 is 0 Å². The molecule has 0 N–H and O–H groups in total. The highest BCUT2D eigenvalue weighted by Crippen LogP contribution is 2.22. The van der Waals surface area contributed by atoms with Crippen LogP contribution >= 0.6 is 15.9 Å². The van der Waals surface area contributed by atoms with Crippen molar-refractivity contribution in [2.45, 2.75) is 19.4 Å². The predicted molar refractivity (Wildman–Crippen MR) is 88.1 cm³/mol. The topological polar surface area (TPSA) is 42.4 Å². The first-order valence-electron chi connectivity index (χ1n) is 7.26. The Morgan fingerprint density at radius 3 is 2.86 bits per heavy atom. The monoisotopic (exact) mass is 360 g/mol. The average molecular weight is 361 g/mol. The van der Waals surface area contributed by atoms with E-state index in [0.29, 0.717) is 24.5 Å². The Morgan fingerprint density at radius 2 is 2.14 bits per heavy atom. The Kier molecular flexibility index (Phi) is 4.43. The third kappa shape index (κ3) is 3.30. The number of amides is 1. The Morgan fingerprint density at radius 1 is 1.32 bits per heavy atom. The third-order valence-corrected chi connectivity index (χ3v) is 4.40. The number of hydrogen-bond donors (Lipinski definition) is 0. The highest BCUT2D eigenvalue weighted by molar-refractivity contribution is 9.10. The van der Waals surface area contributed by atoms with Crippen LogP contribution in [0.2, 0.25) is 0 Å². The molecule has 1 aliphatic heterocycles. The lowest BCUT2D eigenvalue weighted by Gasteiger charge is -2.17. The quantitative estimate of drug-likeness (QED) is 0.841. The fourth-order valence-corrected chi connectivity index (χ4v) is 2.96. The van der Waals surface area contributed by atoms with Crippen molar-refractivity contribution >= 4 is 21.8 Å². The predicted octanol–water partition coefficient (Wildman–Crippen LogP) is 3.45. The minimum Gasteiger partial charge on any atom is -0.472 e. The van der Waals surface area contributed by atoms with Crippen molar-refractivity contribution in [3.63, 3.8) is 0 Å². The van der Waals surface area contributed by atoms with Crippen LogP contribution in [0.1, 0.15) is 22.3 Å². The van der Waals surface area contributed by atoms with Crippen molar-refractivity contribution in [3.8, 4) is 5.88 Å². The van der Waals surface area contributed by atoms with Crippen molar-refractivity contribution in [3.05, 3.63) is 58.2 Å². The standard InChI is InChI=1S/C17H17BrN2O2/c1-12-6-7-16(19-10-12)22-13-8-9-20(11-13)17(21)14-4-2-3-5-15(14)18/h2-7,10,13H,8-9,11H2,1H3/t13-/m0/s1. The maximum atomic E-state index is 12.5. The molecule has 1 aromatic heterocycles. The summed E-state index contributed by atoms with van der Waals surface area (Å²) in [6.45, 7) is 3.29. The molecule has 1 atom stereocenters. The first kappa shape index (κ1) is 15.0. The van der Waals surface area contributed by atoms with E-state index < -0.39 is 0 Å². The first-order valence-corrected chi connectivity index (χ1v) is 8.06. The van der Waals surface area contributed by atoms with E-state index in [-0.39, 0.29) is 12.0 Å². The molecule has 22 heavy (non-hydrogen) atoms. The number of nitrogens with zero attached hydrogens (tertiary/aromatic N) is 2. The van der Waals surface area contributed by atoms with Gasteiger partial charge in [-0.1, -0.05) is 18.2 Å². The summed E-state index contributed by atoms with van der Waals surface area (Å²) in [4.78, 5) is 18.6. The molecule has 1 aliphatic rings. The van der Waals surface area contributed by atoms with Crippen LogP contribution < -0.4 is 4.74 Å². The zero-order valence-electron chi connectivity index (χ0n) is 12.3. The van der Waals surface area contributed by atoms with Gasteiger partial charge in [-0.05, 0) is 40.5 Å². The van der Waals surface area contributed by atoms with Crippen LogP contribution in [-0.2, 0) is 0 Å². The van der Waals surface area contributed by atoms with Crippen LogP contribution in [-0.4, -0.2) is 35.0 Å². The second kappa shape index (κ2) is 6.48. The first-order chi connectivity index (χ1) is 10.6. The smallest absolute Gasteiger partial charge is 0.255 e. The molecular weight excluding hydrogens is 344 g/mol. The average Bonchev–Trinajstić information content (AvgIpc) is 2.98. The van der Waals surface area contributed by atoms with Crippen molar-refractivity contribution in [2.75, 3.05) is 13.1 Å². The van der Waals surface area contributed by atoms with Gasteiger partial charge < -0.3 is 9.64 Å². The summed E-state index contributed by atoms with van der Waals surface area (Å²) in [5.41, 5.74) is 1.79. The maximum Gasteiger partial charge on any atom is 0.255 e. The Hall–Kier alpha value is -1.88. The van der Waals surface area contributed by atoms with Gasteiger partial charge in [0.15, 0.2) is 0 Å². The number of ether oxygens (including phenoxy) is 1.